The van der Waals surface area contributed by atoms with E-state index in [0.29, 0.717) is 6.61 Å². The van der Waals surface area contributed by atoms with Crippen LogP contribution in [-0.2, 0) is 22.4 Å². The minimum atomic E-state index is -1.20. The summed E-state index contributed by atoms with van der Waals surface area (Å²) in [4.78, 5) is 32.5. The molecule has 8 nitrogen and oxygen atoms in total. The lowest BCUT2D eigenvalue weighted by Crippen LogP contribution is -2.42. The Balaban J connectivity index is 1.40. The zero-order valence-corrected chi connectivity index (χ0v) is 19.1. The second kappa shape index (κ2) is 11.7. The first-order valence-corrected chi connectivity index (χ1v) is 11.3. The Morgan fingerprint density at radius 1 is 1.30 bits per heavy atom. The van der Waals surface area contributed by atoms with Crippen molar-refractivity contribution in [1.82, 2.24) is 15.3 Å². The van der Waals surface area contributed by atoms with Crippen LogP contribution in [0.15, 0.2) is 24.4 Å². The molecular weight excluding hydrogens is 427 g/mol. The van der Waals surface area contributed by atoms with Crippen molar-refractivity contribution in [2.24, 2.45) is 5.92 Å². The van der Waals surface area contributed by atoms with Gasteiger partial charge in [-0.3, -0.25) is 9.78 Å². The van der Waals surface area contributed by atoms with Crippen LogP contribution >= 0.6 is 0 Å². The summed E-state index contributed by atoms with van der Waals surface area (Å²) in [6.45, 7) is 5.16. The molecule has 0 saturated heterocycles. The number of anilines is 1. The van der Waals surface area contributed by atoms with Gasteiger partial charge in [0.25, 0.3) is 5.91 Å². The fraction of sp³-hybridized carbons (Fsp3) is 0.500. The van der Waals surface area contributed by atoms with Gasteiger partial charge in [-0.2, -0.15) is 0 Å². The van der Waals surface area contributed by atoms with Crippen LogP contribution in [0.4, 0.5) is 10.2 Å². The zero-order valence-electron chi connectivity index (χ0n) is 19.1. The van der Waals surface area contributed by atoms with Crippen LogP contribution in [0, 0.1) is 18.7 Å². The van der Waals surface area contributed by atoms with Crippen molar-refractivity contribution < 1.29 is 23.8 Å². The maximum atomic E-state index is 13.9. The zero-order chi connectivity index (χ0) is 23.8. The molecule has 0 fully saturated rings. The van der Waals surface area contributed by atoms with Crippen molar-refractivity contribution in [1.29, 1.82) is 0 Å². The van der Waals surface area contributed by atoms with Crippen molar-refractivity contribution in [2.75, 3.05) is 25.1 Å². The van der Waals surface area contributed by atoms with Gasteiger partial charge < -0.3 is 20.5 Å². The molecule has 1 amide bonds. The number of carboxylic acid groups (broad SMARTS) is 1. The number of aryl methyl sites for hydroxylation is 3. The van der Waals surface area contributed by atoms with E-state index in [1.54, 1.807) is 0 Å². The Morgan fingerprint density at radius 2 is 2.12 bits per heavy atom. The van der Waals surface area contributed by atoms with Crippen LogP contribution in [0.1, 0.15) is 53.5 Å². The fourth-order valence-corrected chi connectivity index (χ4v) is 3.77. The third kappa shape index (κ3) is 6.95. The Bertz CT molecular complexity index is 965. The summed E-state index contributed by atoms with van der Waals surface area (Å²) in [6.07, 6.45) is 5.26. The summed E-state index contributed by atoms with van der Waals surface area (Å²) in [7, 11) is 0. The Morgan fingerprint density at radius 3 is 2.88 bits per heavy atom. The molecule has 1 aliphatic rings. The SMILES string of the molecule is Cc1nccc(F)c1C(=O)NC(CCOCC(C)CCc1ccc2c(n1)NCCC2)C(=O)O. The van der Waals surface area contributed by atoms with Gasteiger partial charge in [0.1, 0.15) is 17.7 Å². The van der Waals surface area contributed by atoms with Crippen LogP contribution < -0.4 is 10.6 Å². The number of rotatable bonds is 11. The Labute approximate surface area is 193 Å². The van der Waals surface area contributed by atoms with Crippen molar-refractivity contribution >= 4 is 17.7 Å². The first-order chi connectivity index (χ1) is 15.8. The molecule has 2 atom stereocenters. The van der Waals surface area contributed by atoms with E-state index in [1.807, 2.05) is 0 Å². The highest BCUT2D eigenvalue weighted by Gasteiger charge is 2.24. The van der Waals surface area contributed by atoms with Crippen molar-refractivity contribution in [3.8, 4) is 0 Å². The molecule has 1 aliphatic heterocycles. The number of carboxylic acids is 1. The lowest BCUT2D eigenvalue weighted by molar-refractivity contribution is -0.139. The number of halogens is 1. The molecule has 2 unspecified atom stereocenters. The second-order valence-corrected chi connectivity index (χ2v) is 8.47. The molecule has 3 N–H and O–H groups in total. The molecule has 2 aromatic heterocycles. The summed E-state index contributed by atoms with van der Waals surface area (Å²) in [5.41, 5.74) is 2.26. The predicted octanol–water partition coefficient (Wildman–Crippen LogP) is 3.14. The summed E-state index contributed by atoms with van der Waals surface area (Å²) in [5, 5.41) is 15.1. The molecule has 33 heavy (non-hydrogen) atoms. The quantitative estimate of drug-likeness (QED) is 0.443. The Kier molecular flexibility index (Phi) is 8.71. The molecule has 0 aliphatic carbocycles. The third-order valence-corrected chi connectivity index (χ3v) is 5.72. The number of aliphatic carboxylic acids is 1. The number of nitrogens with one attached hydrogen (secondary N) is 2. The first-order valence-electron chi connectivity index (χ1n) is 11.3. The predicted molar refractivity (Wildman–Crippen MR) is 122 cm³/mol. The van der Waals surface area contributed by atoms with Crippen molar-refractivity contribution in [3.05, 3.63) is 52.7 Å². The standard InChI is InChI=1S/C24H31FN4O4/c1-15(5-7-18-8-6-17-4-3-11-27-22(17)28-18)14-33-13-10-20(24(31)32)29-23(30)21-16(2)26-12-9-19(21)25/h6,8-9,12,15,20H,3-5,7,10-11,13-14H2,1-2H3,(H,27,28)(H,29,30)(H,31,32). The van der Waals surface area contributed by atoms with E-state index in [0.717, 1.165) is 49.8 Å². The van der Waals surface area contributed by atoms with Crippen LogP contribution in [0.3, 0.4) is 0 Å². The number of hydrogen-bond donors (Lipinski definition) is 3. The number of fused-ring (bicyclic) bond motifs is 1. The van der Waals surface area contributed by atoms with Crippen LogP contribution in [0.2, 0.25) is 0 Å². The van der Waals surface area contributed by atoms with Gasteiger partial charge in [0.2, 0.25) is 0 Å². The molecule has 0 bridgehead atoms. The van der Waals surface area contributed by atoms with Gasteiger partial charge in [-0.05, 0) is 56.2 Å². The highest BCUT2D eigenvalue weighted by Crippen LogP contribution is 2.21. The molecule has 3 heterocycles. The number of amides is 1. The van der Waals surface area contributed by atoms with E-state index in [1.165, 1.54) is 18.7 Å². The second-order valence-electron chi connectivity index (χ2n) is 8.47. The van der Waals surface area contributed by atoms with Gasteiger partial charge in [0.15, 0.2) is 0 Å². The summed E-state index contributed by atoms with van der Waals surface area (Å²) in [5.74, 6) is -1.48. The molecule has 0 saturated carbocycles. The monoisotopic (exact) mass is 458 g/mol. The molecule has 178 valence electrons. The minimum Gasteiger partial charge on any atom is -0.480 e. The largest absolute Gasteiger partial charge is 0.480 e. The molecule has 0 spiro atoms. The smallest absolute Gasteiger partial charge is 0.326 e. The van der Waals surface area contributed by atoms with E-state index in [2.05, 4.69) is 34.7 Å². The van der Waals surface area contributed by atoms with E-state index in [-0.39, 0.29) is 30.2 Å². The van der Waals surface area contributed by atoms with Gasteiger partial charge >= 0.3 is 5.97 Å². The van der Waals surface area contributed by atoms with Crippen LogP contribution in [-0.4, -0.2) is 52.8 Å². The molecule has 3 rings (SSSR count). The molecule has 9 heteroatoms. The Hall–Kier alpha value is -3.07. The summed E-state index contributed by atoms with van der Waals surface area (Å²) < 4.78 is 19.6. The van der Waals surface area contributed by atoms with Gasteiger partial charge in [-0.1, -0.05) is 13.0 Å². The minimum absolute atomic E-state index is 0.0762. The number of carbonyl (C=O) groups excluding carboxylic acids is 1. The average Bonchev–Trinajstić information content (AvgIpc) is 2.79. The molecule has 2 aromatic rings. The lowest BCUT2D eigenvalue weighted by atomic mass is 10.0. The van der Waals surface area contributed by atoms with Crippen molar-refractivity contribution in [2.45, 2.75) is 52.0 Å². The maximum Gasteiger partial charge on any atom is 0.326 e. The number of carbonyl (C=O) groups is 2. The number of hydrogen-bond acceptors (Lipinski definition) is 6. The van der Waals surface area contributed by atoms with Crippen LogP contribution in [0.5, 0.6) is 0 Å². The topological polar surface area (TPSA) is 113 Å². The fourth-order valence-electron chi connectivity index (χ4n) is 3.77. The van der Waals surface area contributed by atoms with Crippen molar-refractivity contribution in [3.63, 3.8) is 0 Å². The molecule has 0 aromatic carbocycles. The van der Waals surface area contributed by atoms with E-state index >= 15 is 0 Å². The lowest BCUT2D eigenvalue weighted by Gasteiger charge is -2.18. The van der Waals surface area contributed by atoms with E-state index < -0.39 is 23.7 Å². The van der Waals surface area contributed by atoms with Gasteiger partial charge in [0, 0.05) is 38.1 Å². The first kappa shape index (κ1) is 24.6. The summed E-state index contributed by atoms with van der Waals surface area (Å²) in [6, 6.07) is 4.11. The maximum absolute atomic E-state index is 13.9. The summed E-state index contributed by atoms with van der Waals surface area (Å²) >= 11 is 0. The third-order valence-electron chi connectivity index (χ3n) is 5.72. The molecule has 0 radical (unpaired) electrons. The van der Waals surface area contributed by atoms with E-state index in [4.69, 9.17) is 9.72 Å². The number of ether oxygens (including phenoxy) is 1. The van der Waals surface area contributed by atoms with Crippen LogP contribution in [0.25, 0.3) is 0 Å². The average molecular weight is 459 g/mol. The van der Waals surface area contributed by atoms with Gasteiger partial charge in [0.05, 0.1) is 11.3 Å². The van der Waals surface area contributed by atoms with Gasteiger partial charge in [-0.25, -0.2) is 14.2 Å². The highest BCUT2D eigenvalue weighted by atomic mass is 19.1. The number of pyridine rings is 2. The highest BCUT2D eigenvalue weighted by molar-refractivity contribution is 5.97. The van der Waals surface area contributed by atoms with Gasteiger partial charge in [-0.15, -0.1) is 0 Å². The number of nitrogens with zero attached hydrogens (tertiary/aromatic N) is 2. The van der Waals surface area contributed by atoms with E-state index in [9.17, 15) is 19.1 Å². The molecular formula is C24H31FN4O4. The normalized spacial score (nSPS) is 14.6. The number of aromatic nitrogens is 2.